The van der Waals surface area contributed by atoms with Crippen molar-refractivity contribution >= 4 is 28.4 Å². The van der Waals surface area contributed by atoms with E-state index < -0.39 is 0 Å². The summed E-state index contributed by atoms with van der Waals surface area (Å²) in [5, 5.41) is 3.50. The predicted octanol–water partition coefficient (Wildman–Crippen LogP) is 4.72. The Balaban J connectivity index is 1.91. The fraction of sp³-hybridized carbons (Fsp3) is 0.125. The van der Waals surface area contributed by atoms with Crippen LogP contribution in [-0.4, -0.2) is 24.6 Å². The quantitative estimate of drug-likeness (QED) is 0.492. The summed E-state index contributed by atoms with van der Waals surface area (Å²) >= 11 is 0. The van der Waals surface area contributed by atoms with Crippen LogP contribution in [0.25, 0.3) is 11.0 Å². The number of rotatable bonds is 6. The van der Waals surface area contributed by atoms with Gasteiger partial charge in [-0.2, -0.15) is 0 Å². The molecule has 0 radical (unpaired) electrons. The smallest absolute Gasteiger partial charge is 0.262 e. The van der Waals surface area contributed by atoms with Crippen molar-refractivity contribution in [3.05, 3.63) is 84.0 Å². The second-order valence-corrected chi connectivity index (χ2v) is 6.53. The number of carbonyl (C=O) groups is 1. The van der Waals surface area contributed by atoms with Crippen LogP contribution >= 0.6 is 0 Å². The molecule has 2 aromatic carbocycles. The van der Waals surface area contributed by atoms with Crippen molar-refractivity contribution in [2.24, 2.45) is 4.99 Å². The Morgan fingerprint density at radius 1 is 1.06 bits per heavy atom. The highest BCUT2D eigenvalue weighted by Crippen LogP contribution is 2.28. The molecule has 0 saturated carbocycles. The molecule has 7 heteroatoms. The first-order chi connectivity index (χ1) is 15.2. The van der Waals surface area contributed by atoms with Gasteiger partial charge in [0, 0.05) is 11.6 Å². The van der Waals surface area contributed by atoms with Crippen LogP contribution in [0.2, 0.25) is 0 Å². The van der Waals surface area contributed by atoms with Crippen LogP contribution in [-0.2, 0) is 0 Å². The van der Waals surface area contributed by atoms with Crippen molar-refractivity contribution in [2.75, 3.05) is 19.0 Å². The minimum absolute atomic E-state index is 0.137. The summed E-state index contributed by atoms with van der Waals surface area (Å²) in [7, 11) is 1.56. The molecule has 0 atom stereocenters. The number of pyridine rings is 1. The van der Waals surface area contributed by atoms with E-state index in [4.69, 9.17) is 13.9 Å². The lowest BCUT2D eigenvalue weighted by Crippen LogP contribution is -2.22. The molecule has 1 N–H and O–H groups in total. The highest BCUT2D eigenvalue weighted by atomic mass is 16.5. The molecular weight excluding hydrogens is 394 g/mol. The Hall–Kier alpha value is -4.13. The fourth-order valence-electron chi connectivity index (χ4n) is 3.09. The van der Waals surface area contributed by atoms with E-state index in [1.807, 2.05) is 37.3 Å². The maximum absolute atomic E-state index is 13.1. The normalized spacial score (nSPS) is 11.4. The van der Waals surface area contributed by atoms with Gasteiger partial charge in [0.1, 0.15) is 22.8 Å². The minimum Gasteiger partial charge on any atom is -0.493 e. The van der Waals surface area contributed by atoms with Gasteiger partial charge < -0.3 is 19.2 Å². The number of fused-ring (bicyclic) bond motifs is 1. The van der Waals surface area contributed by atoms with E-state index in [0.29, 0.717) is 40.6 Å². The van der Waals surface area contributed by atoms with Crippen LogP contribution in [0, 0.1) is 0 Å². The first kappa shape index (κ1) is 20.2. The number of amides is 1. The van der Waals surface area contributed by atoms with Gasteiger partial charge in [-0.05, 0) is 43.3 Å². The summed E-state index contributed by atoms with van der Waals surface area (Å²) < 4.78 is 17.2. The Bertz CT molecular complexity index is 1280. The second-order valence-electron chi connectivity index (χ2n) is 6.53. The zero-order valence-electron chi connectivity index (χ0n) is 17.2. The fourth-order valence-corrected chi connectivity index (χ4v) is 3.09. The molecule has 0 saturated heterocycles. The van der Waals surface area contributed by atoms with E-state index >= 15 is 0 Å². The number of aromatic nitrogens is 1. The molecule has 0 aliphatic rings. The summed E-state index contributed by atoms with van der Waals surface area (Å²) in [4.78, 5) is 21.9. The number of nitrogens with zero attached hydrogens (tertiary/aromatic N) is 2. The Labute approximate surface area is 179 Å². The third kappa shape index (κ3) is 4.40. The van der Waals surface area contributed by atoms with Crippen LogP contribution in [0.3, 0.4) is 0 Å². The number of hydrogen-bond donors (Lipinski definition) is 1. The third-order valence-electron chi connectivity index (χ3n) is 4.50. The summed E-state index contributed by atoms with van der Waals surface area (Å²) in [5.41, 5.74) is 1.44. The molecule has 2 heterocycles. The SMILES string of the molecule is CCOc1ccccc1N=c1oc2c(OC)cccc2cc1C(=O)Nc1ccccn1. The Morgan fingerprint density at radius 2 is 1.87 bits per heavy atom. The van der Waals surface area contributed by atoms with E-state index in [0.717, 1.165) is 0 Å². The van der Waals surface area contributed by atoms with Crippen molar-refractivity contribution in [1.82, 2.24) is 4.98 Å². The zero-order chi connectivity index (χ0) is 21.6. The van der Waals surface area contributed by atoms with Gasteiger partial charge in [-0.15, -0.1) is 0 Å². The van der Waals surface area contributed by atoms with Gasteiger partial charge in [-0.25, -0.2) is 9.98 Å². The lowest BCUT2D eigenvalue weighted by molar-refractivity contribution is 0.102. The monoisotopic (exact) mass is 415 g/mol. The number of ether oxygens (including phenoxy) is 2. The van der Waals surface area contributed by atoms with Gasteiger partial charge in [0.15, 0.2) is 11.3 Å². The largest absolute Gasteiger partial charge is 0.493 e. The molecule has 0 aliphatic heterocycles. The molecule has 7 nitrogen and oxygen atoms in total. The average Bonchev–Trinajstić information content (AvgIpc) is 2.80. The van der Waals surface area contributed by atoms with Crippen LogP contribution in [0.1, 0.15) is 17.3 Å². The van der Waals surface area contributed by atoms with Gasteiger partial charge >= 0.3 is 0 Å². The third-order valence-corrected chi connectivity index (χ3v) is 4.50. The summed E-state index contributed by atoms with van der Waals surface area (Å²) in [6.45, 7) is 2.38. The topological polar surface area (TPSA) is 86.0 Å². The van der Waals surface area contributed by atoms with Crippen molar-refractivity contribution in [2.45, 2.75) is 6.92 Å². The number of para-hydroxylation sites is 3. The number of hydrogen-bond acceptors (Lipinski definition) is 6. The predicted molar refractivity (Wildman–Crippen MR) is 118 cm³/mol. The second kappa shape index (κ2) is 9.13. The molecule has 156 valence electrons. The first-order valence-electron chi connectivity index (χ1n) is 9.79. The number of nitrogens with one attached hydrogen (secondary N) is 1. The lowest BCUT2D eigenvalue weighted by Gasteiger charge is -2.09. The number of methoxy groups -OCH3 is 1. The highest BCUT2D eigenvalue weighted by Gasteiger charge is 2.16. The molecule has 4 aromatic rings. The summed E-state index contributed by atoms with van der Waals surface area (Å²) in [5.74, 6) is 1.18. The lowest BCUT2D eigenvalue weighted by atomic mass is 10.1. The van der Waals surface area contributed by atoms with Gasteiger partial charge in [0.25, 0.3) is 5.91 Å². The van der Waals surface area contributed by atoms with E-state index in [-0.39, 0.29) is 17.0 Å². The van der Waals surface area contributed by atoms with Crippen LogP contribution < -0.4 is 20.3 Å². The van der Waals surface area contributed by atoms with Gasteiger partial charge in [0.05, 0.1) is 13.7 Å². The van der Waals surface area contributed by atoms with Gasteiger partial charge in [0.2, 0.25) is 5.55 Å². The molecule has 0 bridgehead atoms. The van der Waals surface area contributed by atoms with E-state index in [9.17, 15) is 4.79 Å². The number of anilines is 1. The van der Waals surface area contributed by atoms with Gasteiger partial charge in [-0.1, -0.05) is 30.3 Å². The Kier molecular flexibility index (Phi) is 5.93. The highest BCUT2D eigenvalue weighted by molar-refractivity contribution is 6.05. The zero-order valence-corrected chi connectivity index (χ0v) is 17.2. The molecule has 2 aromatic heterocycles. The van der Waals surface area contributed by atoms with Crippen LogP contribution in [0.4, 0.5) is 11.5 Å². The maximum Gasteiger partial charge on any atom is 0.262 e. The molecule has 4 rings (SSSR count). The van der Waals surface area contributed by atoms with Crippen molar-refractivity contribution in [3.63, 3.8) is 0 Å². The Morgan fingerprint density at radius 3 is 2.65 bits per heavy atom. The molecular formula is C24H21N3O4. The van der Waals surface area contributed by atoms with E-state index in [1.165, 1.54) is 0 Å². The van der Waals surface area contributed by atoms with Crippen molar-refractivity contribution in [3.8, 4) is 11.5 Å². The van der Waals surface area contributed by atoms with Gasteiger partial charge in [-0.3, -0.25) is 4.79 Å². The molecule has 0 spiro atoms. The van der Waals surface area contributed by atoms with E-state index in [1.54, 1.807) is 49.7 Å². The molecule has 0 unspecified atom stereocenters. The molecule has 1 amide bonds. The summed E-state index contributed by atoms with van der Waals surface area (Å²) in [6, 6.07) is 19.8. The van der Waals surface area contributed by atoms with Crippen LogP contribution in [0.15, 0.2) is 82.3 Å². The first-order valence-corrected chi connectivity index (χ1v) is 9.79. The minimum atomic E-state index is -0.389. The van der Waals surface area contributed by atoms with Crippen LogP contribution in [0.5, 0.6) is 11.5 Å². The molecule has 31 heavy (non-hydrogen) atoms. The number of carbonyl (C=O) groups excluding carboxylic acids is 1. The van der Waals surface area contributed by atoms with E-state index in [2.05, 4.69) is 15.3 Å². The average molecular weight is 415 g/mol. The number of benzene rings is 2. The molecule has 0 fully saturated rings. The maximum atomic E-state index is 13.1. The van der Waals surface area contributed by atoms with Crippen molar-refractivity contribution in [1.29, 1.82) is 0 Å². The van der Waals surface area contributed by atoms with Crippen molar-refractivity contribution < 1.29 is 18.7 Å². The summed E-state index contributed by atoms with van der Waals surface area (Å²) in [6.07, 6.45) is 1.61. The molecule has 0 aliphatic carbocycles. The standard InChI is InChI=1S/C24H21N3O4/c1-3-30-19-11-5-4-10-18(19)26-24-17(23(28)27-21-13-6-7-14-25-21)15-16-9-8-12-20(29-2)22(16)31-24/h4-15H,3H2,1-2H3,(H,25,27,28).